The SMILES string of the molecule is CO[Si](CCCNC(=O)C(C)O)(OC)OC. The minimum absolute atomic E-state index is 0.375. The molecule has 0 saturated carbocycles. The van der Waals surface area contributed by atoms with Gasteiger partial charge < -0.3 is 23.7 Å². The van der Waals surface area contributed by atoms with Gasteiger partial charge in [0.2, 0.25) is 5.91 Å². The van der Waals surface area contributed by atoms with Crippen molar-refractivity contribution in [2.75, 3.05) is 27.9 Å². The lowest BCUT2D eigenvalue weighted by Crippen LogP contribution is -2.43. The molecule has 0 radical (unpaired) electrons. The normalized spacial score (nSPS) is 13.6. The van der Waals surface area contributed by atoms with Gasteiger partial charge in [-0.1, -0.05) is 0 Å². The smallest absolute Gasteiger partial charge is 0.384 e. The van der Waals surface area contributed by atoms with Crippen LogP contribution >= 0.6 is 0 Å². The number of amides is 1. The molecule has 0 heterocycles. The Balaban J connectivity index is 3.83. The molecule has 0 bridgehead atoms. The first kappa shape index (κ1) is 15.5. The summed E-state index contributed by atoms with van der Waals surface area (Å²) in [7, 11) is 2.12. The van der Waals surface area contributed by atoms with Crippen LogP contribution in [-0.2, 0) is 18.1 Å². The molecule has 7 heteroatoms. The maximum Gasteiger partial charge on any atom is 0.500 e. The highest BCUT2D eigenvalue weighted by atomic mass is 28.4. The van der Waals surface area contributed by atoms with Crippen LogP contribution in [0.15, 0.2) is 0 Å². The van der Waals surface area contributed by atoms with E-state index in [9.17, 15) is 4.79 Å². The van der Waals surface area contributed by atoms with Crippen molar-refractivity contribution >= 4 is 14.7 Å². The highest BCUT2D eigenvalue weighted by Gasteiger charge is 2.36. The van der Waals surface area contributed by atoms with Crippen molar-refractivity contribution < 1.29 is 23.2 Å². The maximum atomic E-state index is 11.0. The zero-order chi connectivity index (χ0) is 12.6. The van der Waals surface area contributed by atoms with Gasteiger partial charge in [-0.15, -0.1) is 0 Å². The Morgan fingerprint density at radius 1 is 1.31 bits per heavy atom. The van der Waals surface area contributed by atoms with Crippen molar-refractivity contribution in [3.05, 3.63) is 0 Å². The monoisotopic (exact) mass is 251 g/mol. The standard InChI is InChI=1S/C9H21NO5Si/c1-8(11)9(12)10-6-5-7-16(13-2,14-3)15-4/h8,11H,5-7H2,1-4H3,(H,10,12). The molecule has 0 aliphatic heterocycles. The second-order valence-corrected chi connectivity index (χ2v) is 6.46. The number of aliphatic hydroxyl groups is 1. The zero-order valence-electron chi connectivity index (χ0n) is 10.3. The molecule has 0 aromatic carbocycles. The van der Waals surface area contributed by atoms with Gasteiger partial charge in [-0.05, 0) is 13.3 Å². The Bertz CT molecular complexity index is 200. The minimum atomic E-state index is -2.53. The summed E-state index contributed by atoms with van der Waals surface area (Å²) in [4.78, 5) is 11.0. The molecule has 0 spiro atoms. The first-order valence-electron chi connectivity index (χ1n) is 5.12. The summed E-state index contributed by atoms with van der Waals surface area (Å²) in [6.45, 7) is 1.89. The quantitative estimate of drug-likeness (QED) is 0.459. The van der Waals surface area contributed by atoms with Crippen LogP contribution in [0.1, 0.15) is 13.3 Å². The Morgan fingerprint density at radius 3 is 2.19 bits per heavy atom. The summed E-state index contributed by atoms with van der Waals surface area (Å²) in [6.07, 6.45) is -0.297. The summed E-state index contributed by atoms with van der Waals surface area (Å²) in [5.74, 6) is -0.375. The van der Waals surface area contributed by atoms with Crippen molar-refractivity contribution in [3.8, 4) is 0 Å². The number of nitrogens with one attached hydrogen (secondary N) is 1. The fraction of sp³-hybridized carbons (Fsp3) is 0.889. The van der Waals surface area contributed by atoms with Crippen molar-refractivity contribution in [3.63, 3.8) is 0 Å². The highest BCUT2D eigenvalue weighted by molar-refractivity contribution is 6.60. The topological polar surface area (TPSA) is 77.0 Å². The van der Waals surface area contributed by atoms with Gasteiger partial charge in [0.15, 0.2) is 0 Å². The lowest BCUT2D eigenvalue weighted by molar-refractivity contribution is -0.128. The highest BCUT2D eigenvalue weighted by Crippen LogP contribution is 2.14. The summed E-state index contributed by atoms with van der Waals surface area (Å²) < 4.78 is 15.7. The average Bonchev–Trinajstić information content (AvgIpc) is 2.30. The molecular formula is C9H21NO5Si. The van der Waals surface area contributed by atoms with Crippen LogP contribution in [0.3, 0.4) is 0 Å². The Morgan fingerprint density at radius 2 is 1.81 bits per heavy atom. The Labute approximate surface area is 97.3 Å². The first-order valence-corrected chi connectivity index (χ1v) is 7.05. The third-order valence-corrected chi connectivity index (χ3v) is 5.10. The second kappa shape index (κ2) is 7.74. The van der Waals surface area contributed by atoms with Gasteiger partial charge in [0.05, 0.1) is 0 Å². The van der Waals surface area contributed by atoms with Crippen LogP contribution in [0, 0.1) is 0 Å². The van der Waals surface area contributed by atoms with E-state index in [1.165, 1.54) is 6.92 Å². The molecule has 0 fully saturated rings. The fourth-order valence-electron chi connectivity index (χ4n) is 1.22. The van der Waals surface area contributed by atoms with Crippen molar-refractivity contribution in [1.82, 2.24) is 5.32 Å². The number of carbonyl (C=O) groups is 1. The van der Waals surface area contributed by atoms with Gasteiger partial charge in [-0.2, -0.15) is 0 Å². The molecule has 96 valence electrons. The third-order valence-electron chi connectivity index (χ3n) is 2.27. The summed E-state index contributed by atoms with van der Waals surface area (Å²) >= 11 is 0. The van der Waals surface area contributed by atoms with Crippen LogP contribution in [0.25, 0.3) is 0 Å². The molecule has 1 atom stereocenters. The summed E-state index contributed by atoms with van der Waals surface area (Å²) in [6, 6.07) is 0.622. The molecule has 2 N–H and O–H groups in total. The van der Waals surface area contributed by atoms with Crippen molar-refractivity contribution in [2.45, 2.75) is 25.5 Å². The Hall–Kier alpha value is -0.473. The molecule has 0 aromatic heterocycles. The molecule has 0 aliphatic carbocycles. The lowest BCUT2D eigenvalue weighted by Gasteiger charge is -2.24. The van der Waals surface area contributed by atoms with Crippen molar-refractivity contribution in [2.24, 2.45) is 0 Å². The van der Waals surface area contributed by atoms with E-state index < -0.39 is 14.9 Å². The maximum absolute atomic E-state index is 11.0. The van der Waals surface area contributed by atoms with E-state index in [2.05, 4.69) is 5.32 Å². The van der Waals surface area contributed by atoms with E-state index in [1.54, 1.807) is 21.3 Å². The third kappa shape index (κ3) is 5.04. The molecule has 0 saturated heterocycles. The molecule has 6 nitrogen and oxygen atoms in total. The Kier molecular flexibility index (Phi) is 7.51. The molecule has 1 amide bonds. The predicted octanol–water partition coefficient (Wildman–Crippen LogP) is -0.248. The predicted molar refractivity (Wildman–Crippen MR) is 60.9 cm³/mol. The number of rotatable bonds is 8. The van der Waals surface area contributed by atoms with E-state index in [1.807, 2.05) is 0 Å². The molecule has 0 aliphatic rings. The summed E-state index contributed by atoms with van der Waals surface area (Å²) in [5, 5.41) is 11.5. The minimum Gasteiger partial charge on any atom is -0.384 e. The van der Waals surface area contributed by atoms with E-state index >= 15 is 0 Å². The lowest BCUT2D eigenvalue weighted by atomic mass is 10.3. The van der Waals surface area contributed by atoms with Gasteiger partial charge >= 0.3 is 8.80 Å². The molecular weight excluding hydrogens is 230 g/mol. The summed E-state index contributed by atoms with van der Waals surface area (Å²) in [5.41, 5.74) is 0. The van der Waals surface area contributed by atoms with Crippen molar-refractivity contribution in [1.29, 1.82) is 0 Å². The number of carbonyl (C=O) groups excluding carboxylic acids is 1. The fourth-order valence-corrected chi connectivity index (χ4v) is 2.94. The number of hydrogen-bond acceptors (Lipinski definition) is 5. The largest absolute Gasteiger partial charge is 0.500 e. The van der Waals surface area contributed by atoms with Crippen LogP contribution in [-0.4, -0.2) is 53.8 Å². The van der Waals surface area contributed by atoms with Gasteiger partial charge in [0, 0.05) is 33.9 Å². The van der Waals surface area contributed by atoms with E-state index in [0.29, 0.717) is 19.0 Å². The van der Waals surface area contributed by atoms with Gasteiger partial charge in [-0.3, -0.25) is 4.79 Å². The van der Waals surface area contributed by atoms with E-state index in [4.69, 9.17) is 18.4 Å². The van der Waals surface area contributed by atoms with Crippen LogP contribution in [0.2, 0.25) is 6.04 Å². The molecule has 16 heavy (non-hydrogen) atoms. The van der Waals surface area contributed by atoms with Crippen LogP contribution in [0.5, 0.6) is 0 Å². The number of hydrogen-bond donors (Lipinski definition) is 2. The zero-order valence-corrected chi connectivity index (χ0v) is 11.3. The molecule has 0 aromatic rings. The van der Waals surface area contributed by atoms with Crippen LogP contribution in [0.4, 0.5) is 0 Å². The van der Waals surface area contributed by atoms with Gasteiger partial charge in [-0.25, -0.2) is 0 Å². The number of aliphatic hydroxyl groups excluding tert-OH is 1. The van der Waals surface area contributed by atoms with Gasteiger partial charge in [0.1, 0.15) is 6.10 Å². The molecule has 1 unspecified atom stereocenters. The first-order chi connectivity index (χ1) is 7.51. The average molecular weight is 251 g/mol. The van der Waals surface area contributed by atoms with E-state index in [-0.39, 0.29) is 5.91 Å². The second-order valence-electron chi connectivity index (χ2n) is 3.37. The molecule has 0 rings (SSSR count). The van der Waals surface area contributed by atoms with Gasteiger partial charge in [0.25, 0.3) is 0 Å². The van der Waals surface area contributed by atoms with Crippen LogP contribution < -0.4 is 5.32 Å². The van der Waals surface area contributed by atoms with E-state index in [0.717, 1.165) is 0 Å².